The normalized spacial score (nSPS) is 14.1. The van der Waals surface area contributed by atoms with E-state index in [0.29, 0.717) is 44.0 Å². The maximum atomic E-state index is 13.7. The first kappa shape index (κ1) is 20.0. The minimum absolute atomic E-state index is 0.0604. The molecule has 1 aromatic heterocycles. The standard InChI is InChI=1S/C24H25FN4O/c1-17-22(16-19-7-6-10-21(25)15-19)23(27-18(2)26-17)28-11-13-29(14-12-28)24(30)20-8-4-3-5-9-20/h3-10,15H,11-14,16H2,1-2H3. The van der Waals surface area contributed by atoms with Gasteiger partial charge in [0.05, 0.1) is 0 Å². The van der Waals surface area contributed by atoms with E-state index in [-0.39, 0.29) is 11.7 Å². The highest BCUT2D eigenvalue weighted by Crippen LogP contribution is 2.25. The van der Waals surface area contributed by atoms with Crippen LogP contribution in [0.1, 0.15) is 33.0 Å². The van der Waals surface area contributed by atoms with Gasteiger partial charge in [-0.15, -0.1) is 0 Å². The molecule has 0 unspecified atom stereocenters. The first-order valence-corrected chi connectivity index (χ1v) is 10.2. The SMILES string of the molecule is Cc1nc(C)c(Cc2cccc(F)c2)c(N2CCN(C(=O)c3ccccc3)CC2)n1. The predicted molar refractivity (Wildman–Crippen MR) is 115 cm³/mol. The molecule has 0 N–H and O–H groups in total. The fourth-order valence-electron chi connectivity index (χ4n) is 3.92. The zero-order valence-electron chi connectivity index (χ0n) is 17.3. The van der Waals surface area contributed by atoms with Gasteiger partial charge >= 0.3 is 0 Å². The molecule has 1 amide bonds. The van der Waals surface area contributed by atoms with Gasteiger partial charge in [0.15, 0.2) is 0 Å². The Hall–Kier alpha value is -3.28. The number of carbonyl (C=O) groups excluding carboxylic acids is 1. The summed E-state index contributed by atoms with van der Waals surface area (Å²) in [6.07, 6.45) is 0.572. The number of rotatable bonds is 4. The lowest BCUT2D eigenvalue weighted by molar-refractivity contribution is 0.0746. The van der Waals surface area contributed by atoms with E-state index >= 15 is 0 Å². The van der Waals surface area contributed by atoms with Crippen molar-refractivity contribution in [1.29, 1.82) is 0 Å². The fourth-order valence-corrected chi connectivity index (χ4v) is 3.92. The molecule has 1 saturated heterocycles. The lowest BCUT2D eigenvalue weighted by Crippen LogP contribution is -2.49. The van der Waals surface area contributed by atoms with Gasteiger partial charge in [-0.05, 0) is 43.7 Å². The molecule has 5 nitrogen and oxygen atoms in total. The van der Waals surface area contributed by atoms with E-state index in [1.807, 2.05) is 55.1 Å². The number of benzene rings is 2. The van der Waals surface area contributed by atoms with E-state index in [1.54, 1.807) is 12.1 Å². The molecule has 6 heteroatoms. The second-order valence-electron chi connectivity index (χ2n) is 7.61. The summed E-state index contributed by atoms with van der Waals surface area (Å²) >= 11 is 0. The number of hydrogen-bond acceptors (Lipinski definition) is 4. The van der Waals surface area contributed by atoms with Gasteiger partial charge in [-0.3, -0.25) is 4.79 Å². The zero-order chi connectivity index (χ0) is 21.1. The molecule has 0 aliphatic carbocycles. The topological polar surface area (TPSA) is 49.3 Å². The molecule has 1 aliphatic heterocycles. The van der Waals surface area contributed by atoms with Crippen molar-refractivity contribution in [3.05, 3.63) is 88.6 Å². The fraction of sp³-hybridized carbons (Fsp3) is 0.292. The van der Waals surface area contributed by atoms with Crippen LogP contribution in [-0.2, 0) is 6.42 Å². The molecule has 0 radical (unpaired) electrons. The molecule has 1 aliphatic rings. The van der Waals surface area contributed by atoms with Crippen LogP contribution in [0.15, 0.2) is 54.6 Å². The molecule has 4 rings (SSSR count). The third-order valence-electron chi connectivity index (χ3n) is 5.46. The van der Waals surface area contributed by atoms with Gasteiger partial charge < -0.3 is 9.80 Å². The van der Waals surface area contributed by atoms with E-state index in [2.05, 4.69) is 9.88 Å². The van der Waals surface area contributed by atoms with Crippen LogP contribution in [0, 0.1) is 19.7 Å². The number of carbonyl (C=O) groups is 1. The average Bonchev–Trinajstić information content (AvgIpc) is 2.76. The van der Waals surface area contributed by atoms with Crippen LogP contribution in [0.5, 0.6) is 0 Å². The summed E-state index contributed by atoms with van der Waals surface area (Å²) in [5.41, 5.74) is 3.52. The second kappa shape index (κ2) is 8.61. The summed E-state index contributed by atoms with van der Waals surface area (Å²) < 4.78 is 13.7. The Labute approximate surface area is 176 Å². The van der Waals surface area contributed by atoms with Gasteiger partial charge in [-0.2, -0.15) is 0 Å². The summed E-state index contributed by atoms with van der Waals surface area (Å²) in [6.45, 7) is 6.53. The van der Waals surface area contributed by atoms with Crippen LogP contribution >= 0.6 is 0 Å². The zero-order valence-corrected chi connectivity index (χ0v) is 17.3. The largest absolute Gasteiger partial charge is 0.353 e. The first-order valence-electron chi connectivity index (χ1n) is 10.2. The Balaban J connectivity index is 1.54. The lowest BCUT2D eigenvalue weighted by atomic mass is 10.0. The van der Waals surface area contributed by atoms with E-state index in [1.165, 1.54) is 6.07 Å². The third-order valence-corrected chi connectivity index (χ3v) is 5.46. The van der Waals surface area contributed by atoms with Crippen molar-refractivity contribution in [1.82, 2.24) is 14.9 Å². The molecule has 2 aromatic carbocycles. The molecule has 0 bridgehead atoms. The number of nitrogens with zero attached hydrogens (tertiary/aromatic N) is 4. The van der Waals surface area contributed by atoms with E-state index in [9.17, 15) is 9.18 Å². The Morgan fingerprint density at radius 3 is 2.40 bits per heavy atom. The summed E-state index contributed by atoms with van der Waals surface area (Å²) in [5, 5.41) is 0. The molecular weight excluding hydrogens is 379 g/mol. The smallest absolute Gasteiger partial charge is 0.253 e. The van der Waals surface area contributed by atoms with Crippen molar-refractivity contribution in [3.8, 4) is 0 Å². The third kappa shape index (κ3) is 4.32. The highest BCUT2D eigenvalue weighted by atomic mass is 19.1. The average molecular weight is 404 g/mol. The summed E-state index contributed by atoms with van der Waals surface area (Å²) in [7, 11) is 0. The monoisotopic (exact) mass is 404 g/mol. The van der Waals surface area contributed by atoms with Gasteiger partial charge in [0.1, 0.15) is 17.5 Å². The van der Waals surface area contributed by atoms with Gasteiger partial charge in [0, 0.05) is 49.4 Å². The van der Waals surface area contributed by atoms with E-state index < -0.39 is 0 Å². The molecule has 0 atom stereocenters. The highest BCUT2D eigenvalue weighted by molar-refractivity contribution is 5.94. The van der Waals surface area contributed by atoms with Crippen LogP contribution in [0.4, 0.5) is 10.2 Å². The van der Waals surface area contributed by atoms with Crippen molar-refractivity contribution in [2.75, 3.05) is 31.1 Å². The molecule has 0 saturated carbocycles. The second-order valence-corrected chi connectivity index (χ2v) is 7.61. The lowest BCUT2D eigenvalue weighted by Gasteiger charge is -2.36. The molecule has 154 valence electrons. The van der Waals surface area contributed by atoms with Gasteiger partial charge in [0.25, 0.3) is 5.91 Å². The van der Waals surface area contributed by atoms with Crippen LogP contribution in [0.2, 0.25) is 0 Å². The van der Waals surface area contributed by atoms with Gasteiger partial charge in [0.2, 0.25) is 0 Å². The predicted octanol–water partition coefficient (Wildman–Crippen LogP) is 3.79. The maximum absolute atomic E-state index is 13.7. The number of halogens is 1. The molecule has 0 spiro atoms. The van der Waals surface area contributed by atoms with Gasteiger partial charge in [-0.1, -0.05) is 30.3 Å². The molecule has 30 heavy (non-hydrogen) atoms. The number of aromatic nitrogens is 2. The molecule has 3 aromatic rings. The minimum Gasteiger partial charge on any atom is -0.353 e. The minimum atomic E-state index is -0.243. The Kier molecular flexibility index (Phi) is 5.74. The van der Waals surface area contributed by atoms with Crippen molar-refractivity contribution >= 4 is 11.7 Å². The summed E-state index contributed by atoms with van der Waals surface area (Å²) in [6, 6.07) is 16.0. The van der Waals surface area contributed by atoms with Crippen LogP contribution in [0.25, 0.3) is 0 Å². The summed E-state index contributed by atoms with van der Waals surface area (Å²) in [5.74, 6) is 1.42. The Bertz CT molecular complexity index is 1050. The van der Waals surface area contributed by atoms with Crippen molar-refractivity contribution in [3.63, 3.8) is 0 Å². The number of anilines is 1. The Morgan fingerprint density at radius 2 is 1.70 bits per heavy atom. The van der Waals surface area contributed by atoms with Crippen LogP contribution in [0.3, 0.4) is 0 Å². The van der Waals surface area contributed by atoms with Crippen molar-refractivity contribution in [2.24, 2.45) is 0 Å². The van der Waals surface area contributed by atoms with Gasteiger partial charge in [-0.25, -0.2) is 14.4 Å². The number of hydrogen-bond donors (Lipinski definition) is 0. The molecular formula is C24H25FN4O. The quantitative estimate of drug-likeness (QED) is 0.664. The van der Waals surface area contributed by atoms with Crippen molar-refractivity contribution < 1.29 is 9.18 Å². The van der Waals surface area contributed by atoms with E-state index in [4.69, 9.17) is 4.98 Å². The summed E-state index contributed by atoms with van der Waals surface area (Å²) in [4.78, 5) is 26.1. The van der Waals surface area contributed by atoms with Crippen LogP contribution in [-0.4, -0.2) is 47.0 Å². The molecule has 1 fully saturated rings. The first-order chi connectivity index (χ1) is 14.5. The van der Waals surface area contributed by atoms with Crippen LogP contribution < -0.4 is 4.90 Å². The molecule has 2 heterocycles. The van der Waals surface area contributed by atoms with E-state index in [0.717, 1.165) is 22.6 Å². The highest BCUT2D eigenvalue weighted by Gasteiger charge is 2.25. The number of amides is 1. The Morgan fingerprint density at radius 1 is 0.967 bits per heavy atom. The maximum Gasteiger partial charge on any atom is 0.253 e. The number of piperazine rings is 1. The number of aryl methyl sites for hydroxylation is 2. The van der Waals surface area contributed by atoms with Crippen molar-refractivity contribution in [2.45, 2.75) is 20.3 Å².